The molecule has 1 heteroatoms. The van der Waals surface area contributed by atoms with Gasteiger partial charge in [-0.05, 0) is 59.7 Å². The van der Waals surface area contributed by atoms with Crippen molar-refractivity contribution in [2.24, 2.45) is 0 Å². The summed E-state index contributed by atoms with van der Waals surface area (Å²) in [5.41, 5.74) is 5.95. The van der Waals surface area contributed by atoms with Crippen LogP contribution in [0.2, 0.25) is 0 Å². The lowest BCUT2D eigenvalue weighted by molar-refractivity contribution is 1.12. The van der Waals surface area contributed by atoms with Crippen molar-refractivity contribution in [1.29, 1.82) is 0 Å². The van der Waals surface area contributed by atoms with Crippen molar-refractivity contribution < 1.29 is 0 Å². The van der Waals surface area contributed by atoms with Crippen molar-refractivity contribution in [1.82, 2.24) is 0 Å². The van der Waals surface area contributed by atoms with Crippen LogP contribution in [0.15, 0.2) is 30.3 Å². The second kappa shape index (κ2) is 4.74. The Hall–Kier alpha value is -1.34. The van der Waals surface area contributed by atoms with Gasteiger partial charge in [-0.15, -0.1) is 11.3 Å². The molecule has 0 spiro atoms. The van der Waals surface area contributed by atoms with Gasteiger partial charge < -0.3 is 0 Å². The Labute approximate surface area is 113 Å². The number of thiophene rings is 1. The van der Waals surface area contributed by atoms with Gasteiger partial charge in [-0.25, -0.2) is 0 Å². The van der Waals surface area contributed by atoms with Crippen LogP contribution in [0.4, 0.5) is 0 Å². The summed E-state index contributed by atoms with van der Waals surface area (Å²) in [6, 6.07) is 11.3. The largest absolute Gasteiger partial charge is 0.141 e. The van der Waals surface area contributed by atoms with E-state index in [2.05, 4.69) is 50.3 Å². The van der Waals surface area contributed by atoms with Gasteiger partial charge in [0.05, 0.1) is 0 Å². The van der Waals surface area contributed by atoms with E-state index >= 15 is 0 Å². The third-order valence-corrected chi connectivity index (χ3v) is 5.00. The summed E-state index contributed by atoms with van der Waals surface area (Å²) in [5, 5.41) is 0. The lowest BCUT2D eigenvalue weighted by Crippen LogP contribution is -1.88. The average molecular weight is 254 g/mol. The second-order valence-electron chi connectivity index (χ2n) is 4.81. The number of allylic oxidation sites excluding steroid dienone is 1. The summed E-state index contributed by atoms with van der Waals surface area (Å²) < 4.78 is 0. The summed E-state index contributed by atoms with van der Waals surface area (Å²) in [4.78, 5) is 2.93. The van der Waals surface area contributed by atoms with Gasteiger partial charge >= 0.3 is 0 Å². The number of aryl methyl sites for hydroxylation is 2. The lowest BCUT2D eigenvalue weighted by atomic mass is 10.0. The first-order valence-electron chi connectivity index (χ1n) is 6.72. The zero-order chi connectivity index (χ0) is 12.5. The van der Waals surface area contributed by atoms with E-state index in [0.29, 0.717) is 0 Å². The molecule has 18 heavy (non-hydrogen) atoms. The van der Waals surface area contributed by atoms with E-state index in [1.807, 2.05) is 11.3 Å². The third kappa shape index (κ3) is 1.93. The molecule has 92 valence electrons. The van der Waals surface area contributed by atoms with Gasteiger partial charge in [0.1, 0.15) is 0 Å². The first-order valence-corrected chi connectivity index (χ1v) is 7.54. The van der Waals surface area contributed by atoms with Crippen LogP contribution in [-0.4, -0.2) is 0 Å². The summed E-state index contributed by atoms with van der Waals surface area (Å²) >= 11 is 1.95. The van der Waals surface area contributed by atoms with Crippen LogP contribution in [0.25, 0.3) is 11.6 Å². The highest BCUT2D eigenvalue weighted by Gasteiger charge is 2.17. The minimum absolute atomic E-state index is 1.10. The fraction of sp³-hybridized carbons (Fsp3) is 0.294. The Morgan fingerprint density at radius 1 is 1.06 bits per heavy atom. The van der Waals surface area contributed by atoms with E-state index < -0.39 is 0 Å². The molecule has 3 rings (SSSR count). The van der Waals surface area contributed by atoms with Crippen molar-refractivity contribution >= 4 is 23.0 Å². The van der Waals surface area contributed by atoms with Crippen molar-refractivity contribution in [3.05, 3.63) is 56.8 Å². The Balaban J connectivity index is 1.98. The molecule has 2 aromatic rings. The van der Waals surface area contributed by atoms with Crippen LogP contribution in [-0.2, 0) is 19.3 Å². The zero-order valence-electron chi connectivity index (χ0n) is 11.0. The average Bonchev–Trinajstić information content (AvgIpc) is 3.03. The fourth-order valence-corrected chi connectivity index (χ4v) is 3.60. The number of fused-ring (bicyclic) bond motifs is 1. The van der Waals surface area contributed by atoms with Crippen molar-refractivity contribution in [3.8, 4) is 0 Å². The van der Waals surface area contributed by atoms with Crippen LogP contribution < -0.4 is 0 Å². The van der Waals surface area contributed by atoms with Crippen LogP contribution in [0, 0.1) is 0 Å². The first-order chi connectivity index (χ1) is 8.81. The summed E-state index contributed by atoms with van der Waals surface area (Å²) in [6.45, 7) is 4.46. The maximum atomic E-state index is 2.40. The van der Waals surface area contributed by atoms with Gasteiger partial charge in [-0.3, -0.25) is 0 Å². The monoisotopic (exact) mass is 254 g/mol. The maximum absolute atomic E-state index is 2.40. The van der Waals surface area contributed by atoms with Gasteiger partial charge in [0.25, 0.3) is 0 Å². The SMILES string of the molecule is CCc1ccc(C2=Cc3c(CC)cccc3C2)s1. The third-order valence-electron chi connectivity index (χ3n) is 3.69. The Morgan fingerprint density at radius 3 is 2.67 bits per heavy atom. The molecule has 0 N–H and O–H groups in total. The van der Waals surface area contributed by atoms with Gasteiger partial charge in [-0.1, -0.05) is 32.0 Å². The van der Waals surface area contributed by atoms with E-state index in [4.69, 9.17) is 0 Å². The molecule has 0 radical (unpaired) electrons. The van der Waals surface area contributed by atoms with Gasteiger partial charge in [0.2, 0.25) is 0 Å². The van der Waals surface area contributed by atoms with E-state index in [0.717, 1.165) is 19.3 Å². The van der Waals surface area contributed by atoms with E-state index in [1.165, 1.54) is 32.0 Å². The van der Waals surface area contributed by atoms with Crippen molar-refractivity contribution in [2.45, 2.75) is 33.1 Å². The van der Waals surface area contributed by atoms with Gasteiger partial charge in [0, 0.05) is 9.75 Å². The molecule has 1 aromatic carbocycles. The lowest BCUT2D eigenvalue weighted by Gasteiger charge is -2.03. The summed E-state index contributed by atoms with van der Waals surface area (Å²) in [7, 11) is 0. The number of hydrogen-bond acceptors (Lipinski definition) is 1. The van der Waals surface area contributed by atoms with Crippen LogP contribution in [0.1, 0.15) is 40.3 Å². The first kappa shape index (κ1) is 11.7. The van der Waals surface area contributed by atoms with E-state index in [-0.39, 0.29) is 0 Å². The van der Waals surface area contributed by atoms with Crippen LogP contribution >= 0.6 is 11.3 Å². The second-order valence-corrected chi connectivity index (χ2v) is 5.98. The summed E-state index contributed by atoms with van der Waals surface area (Å²) in [5.74, 6) is 0. The van der Waals surface area contributed by atoms with Gasteiger partial charge in [0.15, 0.2) is 0 Å². The molecule has 1 aromatic heterocycles. The molecule has 0 saturated heterocycles. The predicted octanol–water partition coefficient (Wildman–Crippen LogP) is 4.97. The molecule has 1 heterocycles. The highest BCUT2D eigenvalue weighted by atomic mass is 32.1. The molecule has 1 aliphatic carbocycles. The minimum Gasteiger partial charge on any atom is -0.141 e. The smallest absolute Gasteiger partial charge is 0.0308 e. The molecule has 0 fully saturated rings. The molecule has 0 saturated carbocycles. The molecule has 0 aliphatic heterocycles. The number of rotatable bonds is 3. The minimum atomic E-state index is 1.10. The summed E-state index contributed by atoms with van der Waals surface area (Å²) in [6.07, 6.45) is 5.77. The number of benzene rings is 1. The van der Waals surface area contributed by atoms with Crippen LogP contribution in [0.5, 0.6) is 0 Å². The maximum Gasteiger partial charge on any atom is 0.0308 e. The van der Waals surface area contributed by atoms with Gasteiger partial charge in [-0.2, -0.15) is 0 Å². The molecular weight excluding hydrogens is 236 g/mol. The fourth-order valence-electron chi connectivity index (χ4n) is 2.64. The molecule has 0 amide bonds. The molecule has 0 nitrogen and oxygen atoms in total. The standard InChI is InChI=1S/C17H18S/c1-3-12-6-5-7-13-10-14(11-16(12)13)17-9-8-15(4-2)18-17/h5-9,11H,3-4,10H2,1-2H3. The van der Waals surface area contributed by atoms with Crippen molar-refractivity contribution in [2.75, 3.05) is 0 Å². The predicted molar refractivity (Wildman–Crippen MR) is 81.1 cm³/mol. The number of hydrogen-bond donors (Lipinski definition) is 0. The zero-order valence-corrected chi connectivity index (χ0v) is 11.8. The highest BCUT2D eigenvalue weighted by molar-refractivity contribution is 7.13. The molecule has 0 unspecified atom stereocenters. The normalized spacial score (nSPS) is 13.6. The quantitative estimate of drug-likeness (QED) is 0.725. The molecule has 0 atom stereocenters. The topological polar surface area (TPSA) is 0 Å². The van der Waals surface area contributed by atoms with Crippen LogP contribution in [0.3, 0.4) is 0 Å². The highest BCUT2D eigenvalue weighted by Crippen LogP contribution is 2.36. The molecular formula is C17H18S. The Bertz CT molecular complexity index is 602. The Kier molecular flexibility index (Phi) is 3.09. The molecule has 1 aliphatic rings. The van der Waals surface area contributed by atoms with E-state index in [9.17, 15) is 0 Å². The Morgan fingerprint density at radius 2 is 1.94 bits per heavy atom. The van der Waals surface area contributed by atoms with E-state index in [1.54, 1.807) is 0 Å². The molecule has 0 bridgehead atoms. The van der Waals surface area contributed by atoms with Crippen molar-refractivity contribution in [3.63, 3.8) is 0 Å².